The van der Waals surface area contributed by atoms with Crippen LogP contribution in [-0.4, -0.2) is 67.9 Å². The monoisotopic (exact) mass is 398 g/mol. The number of likely N-dealkylation sites (N-methyl/N-ethyl adjacent to an activating group) is 1. The van der Waals surface area contributed by atoms with Gasteiger partial charge < -0.3 is 14.4 Å². The summed E-state index contributed by atoms with van der Waals surface area (Å²) in [5.74, 6) is 1.90. The summed E-state index contributed by atoms with van der Waals surface area (Å²) in [5.41, 5.74) is 2.98. The van der Waals surface area contributed by atoms with Gasteiger partial charge in [-0.2, -0.15) is 0 Å². The smallest absolute Gasteiger partial charge is 0.119 e. The fourth-order valence-corrected chi connectivity index (χ4v) is 7.00. The highest BCUT2D eigenvalue weighted by Gasteiger charge is 2.69. The van der Waals surface area contributed by atoms with Gasteiger partial charge >= 0.3 is 0 Å². The van der Waals surface area contributed by atoms with E-state index in [2.05, 4.69) is 55.9 Å². The SMILES string of the molecule is COc1ccc(C)c([C@]23CCN(CC4CC4)[C@H](C)[C@]24CC[C@@](N(C)C)(CO4)C3)c1. The lowest BCUT2D eigenvalue weighted by Gasteiger charge is -2.70. The van der Waals surface area contributed by atoms with Crippen LogP contribution in [0.4, 0.5) is 0 Å². The average Bonchev–Trinajstić information content (AvgIpc) is 3.55. The molecule has 2 saturated carbocycles. The van der Waals surface area contributed by atoms with Gasteiger partial charge in [-0.25, -0.2) is 0 Å². The van der Waals surface area contributed by atoms with Crippen LogP contribution in [0.15, 0.2) is 18.2 Å². The van der Waals surface area contributed by atoms with Gasteiger partial charge in [0.1, 0.15) is 5.75 Å². The molecule has 1 aromatic carbocycles. The topological polar surface area (TPSA) is 24.9 Å². The van der Waals surface area contributed by atoms with Gasteiger partial charge in [-0.3, -0.25) is 4.90 Å². The van der Waals surface area contributed by atoms with Gasteiger partial charge in [-0.1, -0.05) is 6.07 Å². The molecule has 1 spiro atoms. The Kier molecular flexibility index (Phi) is 4.58. The van der Waals surface area contributed by atoms with Crippen molar-refractivity contribution in [3.63, 3.8) is 0 Å². The highest BCUT2D eigenvalue weighted by Crippen LogP contribution is 2.63. The molecule has 29 heavy (non-hydrogen) atoms. The highest BCUT2D eigenvalue weighted by molar-refractivity contribution is 5.46. The van der Waals surface area contributed by atoms with E-state index in [-0.39, 0.29) is 16.6 Å². The molecule has 1 aromatic rings. The van der Waals surface area contributed by atoms with Gasteiger partial charge in [0, 0.05) is 23.5 Å². The fourth-order valence-electron chi connectivity index (χ4n) is 7.00. The van der Waals surface area contributed by atoms with E-state index in [1.165, 1.54) is 56.3 Å². The number of fused-ring (bicyclic) bond motifs is 2. The number of hydrogen-bond acceptors (Lipinski definition) is 4. The van der Waals surface area contributed by atoms with Gasteiger partial charge in [0.2, 0.25) is 0 Å². The van der Waals surface area contributed by atoms with E-state index in [4.69, 9.17) is 9.47 Å². The molecule has 5 aliphatic rings. The van der Waals surface area contributed by atoms with Gasteiger partial charge in [-0.05, 0) is 102 Å². The lowest BCUT2D eigenvalue weighted by Crippen LogP contribution is -2.78. The minimum atomic E-state index is -0.0883. The number of aryl methyl sites for hydroxylation is 1. The van der Waals surface area contributed by atoms with E-state index in [1.54, 1.807) is 7.11 Å². The summed E-state index contributed by atoms with van der Waals surface area (Å²) in [7, 11) is 6.28. The number of rotatable bonds is 5. The summed E-state index contributed by atoms with van der Waals surface area (Å²) in [5, 5.41) is 0. The van der Waals surface area contributed by atoms with E-state index in [1.807, 2.05) is 0 Å². The van der Waals surface area contributed by atoms with Crippen LogP contribution in [0.2, 0.25) is 0 Å². The van der Waals surface area contributed by atoms with Crippen LogP contribution in [0.3, 0.4) is 0 Å². The first kappa shape index (κ1) is 19.8. The molecular formula is C25H38N2O2. The zero-order chi connectivity index (χ0) is 20.4. The number of hydrogen-bond donors (Lipinski definition) is 0. The van der Waals surface area contributed by atoms with Crippen LogP contribution in [-0.2, 0) is 10.2 Å². The number of likely N-dealkylation sites (tertiary alicyclic amines) is 1. The third kappa shape index (κ3) is 2.75. The predicted octanol–water partition coefficient (Wildman–Crippen LogP) is 4.00. The first-order valence-corrected chi connectivity index (χ1v) is 11.6. The number of methoxy groups -OCH3 is 1. The number of ether oxygens (including phenoxy) is 2. The molecule has 0 amide bonds. The summed E-state index contributed by atoms with van der Waals surface area (Å²) in [4.78, 5) is 5.22. The van der Waals surface area contributed by atoms with Crippen LogP contribution >= 0.6 is 0 Å². The molecule has 0 N–H and O–H groups in total. The average molecular weight is 399 g/mol. The van der Waals surface area contributed by atoms with Crippen molar-refractivity contribution in [2.45, 2.75) is 75.0 Å². The fraction of sp³-hybridized carbons (Fsp3) is 0.760. The summed E-state index contributed by atoms with van der Waals surface area (Å²) >= 11 is 0. The van der Waals surface area contributed by atoms with Gasteiger partial charge in [0.05, 0.1) is 19.3 Å². The first-order chi connectivity index (χ1) is 13.9. The molecule has 3 aliphatic heterocycles. The molecule has 3 heterocycles. The molecule has 3 saturated heterocycles. The van der Waals surface area contributed by atoms with Crippen molar-refractivity contribution < 1.29 is 9.47 Å². The van der Waals surface area contributed by atoms with Crippen molar-refractivity contribution >= 4 is 0 Å². The van der Waals surface area contributed by atoms with Crippen LogP contribution in [0, 0.1) is 12.8 Å². The highest BCUT2D eigenvalue weighted by atomic mass is 16.5. The quantitative estimate of drug-likeness (QED) is 0.748. The second-order valence-electron chi connectivity index (χ2n) is 10.6. The number of piperidine rings is 1. The summed E-state index contributed by atoms with van der Waals surface area (Å²) < 4.78 is 12.7. The minimum Gasteiger partial charge on any atom is -0.497 e. The Hall–Kier alpha value is -1.10. The molecule has 0 unspecified atom stereocenters. The Balaban J connectivity index is 1.63. The Morgan fingerprint density at radius 1 is 1.21 bits per heavy atom. The van der Waals surface area contributed by atoms with Crippen LogP contribution in [0.25, 0.3) is 0 Å². The molecule has 4 atom stereocenters. The third-order valence-electron chi connectivity index (χ3n) is 9.15. The molecule has 4 heteroatoms. The third-order valence-corrected chi connectivity index (χ3v) is 9.15. The summed E-state index contributed by atoms with van der Waals surface area (Å²) in [6, 6.07) is 7.15. The Bertz CT molecular complexity index is 779. The second-order valence-corrected chi connectivity index (χ2v) is 10.6. The van der Waals surface area contributed by atoms with Gasteiger partial charge in [0.15, 0.2) is 0 Å². The van der Waals surface area contributed by atoms with Crippen LogP contribution in [0.1, 0.15) is 56.6 Å². The molecule has 6 rings (SSSR count). The Labute approximate surface area is 176 Å². The minimum absolute atomic E-state index is 0.0614. The van der Waals surface area contributed by atoms with Crippen molar-refractivity contribution in [1.29, 1.82) is 0 Å². The van der Waals surface area contributed by atoms with E-state index >= 15 is 0 Å². The molecule has 160 valence electrons. The zero-order valence-electron chi connectivity index (χ0n) is 19.0. The molecule has 0 radical (unpaired) electrons. The van der Waals surface area contributed by atoms with Crippen LogP contribution in [0.5, 0.6) is 5.75 Å². The molecular weight excluding hydrogens is 360 g/mol. The van der Waals surface area contributed by atoms with Gasteiger partial charge in [-0.15, -0.1) is 0 Å². The maximum Gasteiger partial charge on any atom is 0.119 e. The Morgan fingerprint density at radius 2 is 2.00 bits per heavy atom. The zero-order valence-corrected chi connectivity index (χ0v) is 19.0. The van der Waals surface area contributed by atoms with Crippen molar-refractivity contribution in [3.8, 4) is 5.75 Å². The normalized spacial score (nSPS) is 39.6. The molecule has 0 aromatic heterocycles. The molecule has 4 nitrogen and oxygen atoms in total. The van der Waals surface area contributed by atoms with E-state index in [9.17, 15) is 0 Å². The summed E-state index contributed by atoms with van der Waals surface area (Å²) in [6.07, 6.45) is 7.62. The predicted molar refractivity (Wildman–Crippen MR) is 117 cm³/mol. The van der Waals surface area contributed by atoms with E-state index in [0.29, 0.717) is 6.04 Å². The van der Waals surface area contributed by atoms with Crippen molar-refractivity contribution in [1.82, 2.24) is 9.80 Å². The van der Waals surface area contributed by atoms with E-state index in [0.717, 1.165) is 24.7 Å². The number of benzene rings is 1. The van der Waals surface area contributed by atoms with Crippen LogP contribution < -0.4 is 4.74 Å². The lowest BCUT2D eigenvalue weighted by molar-refractivity contribution is -0.270. The summed E-state index contributed by atoms with van der Waals surface area (Å²) in [6.45, 7) is 8.05. The standard InChI is InChI=1S/C25H38N2O2/c1-18-6-9-21(28-5)14-22(18)24-12-13-27(15-20-7-8-20)19(2)25(24)11-10-23(16-24,17-29-25)26(3)4/h6,9,14,19-20H,7-8,10-13,15-17H2,1-5H3/t19-,23+,24-,25-/m1/s1. The largest absolute Gasteiger partial charge is 0.497 e. The lowest BCUT2D eigenvalue weighted by atomic mass is 9.48. The van der Waals surface area contributed by atoms with Crippen molar-refractivity contribution in [2.24, 2.45) is 5.92 Å². The number of nitrogens with zero attached hydrogens (tertiary/aromatic N) is 2. The van der Waals surface area contributed by atoms with E-state index < -0.39 is 0 Å². The molecule has 2 aliphatic carbocycles. The molecule has 2 bridgehead atoms. The molecule has 5 fully saturated rings. The van der Waals surface area contributed by atoms with Gasteiger partial charge in [0.25, 0.3) is 0 Å². The van der Waals surface area contributed by atoms with Crippen molar-refractivity contribution in [2.75, 3.05) is 40.9 Å². The maximum absolute atomic E-state index is 7.04. The van der Waals surface area contributed by atoms with Crippen molar-refractivity contribution in [3.05, 3.63) is 29.3 Å². The Morgan fingerprint density at radius 3 is 2.62 bits per heavy atom. The second kappa shape index (κ2) is 6.70. The maximum atomic E-state index is 7.04. The first-order valence-electron chi connectivity index (χ1n) is 11.6.